The van der Waals surface area contributed by atoms with E-state index in [-0.39, 0.29) is 5.82 Å². The van der Waals surface area contributed by atoms with Crippen molar-refractivity contribution in [2.24, 2.45) is 0 Å². The van der Waals surface area contributed by atoms with Crippen LogP contribution in [0.4, 0.5) is 13.2 Å². The van der Waals surface area contributed by atoms with Gasteiger partial charge in [-0.25, -0.2) is 0 Å². The zero-order valence-electron chi connectivity index (χ0n) is 13.4. The summed E-state index contributed by atoms with van der Waals surface area (Å²) in [4.78, 5) is 11.1. The van der Waals surface area contributed by atoms with E-state index in [9.17, 15) is 21.6 Å². The van der Waals surface area contributed by atoms with E-state index in [1.54, 1.807) is 51.1 Å². The predicted octanol–water partition coefficient (Wildman–Crippen LogP) is 3.19. The van der Waals surface area contributed by atoms with Gasteiger partial charge < -0.3 is 8.92 Å². The highest BCUT2D eigenvalue weighted by Gasteiger charge is 2.49. The lowest BCUT2D eigenvalue weighted by molar-refractivity contribution is -0.0503. The van der Waals surface area contributed by atoms with Gasteiger partial charge in [-0.3, -0.25) is 0 Å². The second-order valence-electron chi connectivity index (χ2n) is 5.87. The lowest BCUT2D eigenvalue weighted by atomic mass is 9.96. The molecule has 1 aromatic carbocycles. The summed E-state index contributed by atoms with van der Waals surface area (Å²) in [5.74, 6) is 0.305. The number of aromatic nitrogens is 3. The Hall–Kier alpha value is -2.43. The lowest BCUT2D eigenvalue weighted by Crippen LogP contribution is -2.29. The van der Waals surface area contributed by atoms with E-state index >= 15 is 0 Å². The number of alkyl halides is 3. The van der Waals surface area contributed by atoms with Crippen LogP contribution >= 0.6 is 0 Å². The Kier molecular flexibility index (Phi) is 4.89. The number of halogens is 3. The highest BCUT2D eigenvalue weighted by Crippen LogP contribution is 2.28. The van der Waals surface area contributed by atoms with Crippen molar-refractivity contribution in [1.82, 2.24) is 15.0 Å². The molecule has 0 spiro atoms. The van der Waals surface area contributed by atoms with Crippen LogP contribution in [0, 0.1) is 0 Å². The van der Waals surface area contributed by atoms with Gasteiger partial charge in [0, 0.05) is 5.41 Å². The number of rotatable bonds is 4. The van der Waals surface area contributed by atoms with Crippen LogP contribution in [0.15, 0.2) is 30.3 Å². The number of hydrogen-bond donors (Lipinski definition) is 0. The maximum absolute atomic E-state index is 12.5. The molecule has 1 heterocycles. The molecule has 0 aliphatic heterocycles. The third-order valence-electron chi connectivity index (χ3n) is 2.69. The van der Waals surface area contributed by atoms with Crippen molar-refractivity contribution in [2.45, 2.75) is 31.7 Å². The standard InChI is InChI=1S/C14H14F3N3O4S/c1-13(2,3)10-18-11(23-9-7-5-4-6-8-9)20-12(19-10)24-25(21,22)14(15,16)17/h4-8H,1-3H3. The van der Waals surface area contributed by atoms with Crippen molar-refractivity contribution in [1.29, 1.82) is 0 Å². The van der Waals surface area contributed by atoms with Crippen LogP contribution in [-0.2, 0) is 15.5 Å². The molecular weight excluding hydrogens is 363 g/mol. The first-order chi connectivity index (χ1) is 11.4. The van der Waals surface area contributed by atoms with Gasteiger partial charge in [0.1, 0.15) is 11.6 Å². The molecule has 0 unspecified atom stereocenters. The van der Waals surface area contributed by atoms with E-state index in [1.165, 1.54) is 0 Å². The molecule has 0 amide bonds. The Morgan fingerprint density at radius 2 is 1.48 bits per heavy atom. The Morgan fingerprint density at radius 3 is 2.00 bits per heavy atom. The Morgan fingerprint density at radius 1 is 0.920 bits per heavy atom. The minimum Gasteiger partial charge on any atom is -0.424 e. The fraction of sp³-hybridized carbons (Fsp3) is 0.357. The quantitative estimate of drug-likeness (QED) is 0.597. The molecule has 0 aliphatic carbocycles. The molecule has 0 aliphatic rings. The molecule has 11 heteroatoms. The molecule has 25 heavy (non-hydrogen) atoms. The highest BCUT2D eigenvalue weighted by atomic mass is 32.2. The van der Waals surface area contributed by atoms with Crippen LogP contribution in [0.1, 0.15) is 26.6 Å². The summed E-state index contributed by atoms with van der Waals surface area (Å²) in [7, 11) is -5.91. The van der Waals surface area contributed by atoms with Gasteiger partial charge in [-0.1, -0.05) is 39.0 Å². The maximum Gasteiger partial charge on any atom is 0.534 e. The fourth-order valence-electron chi connectivity index (χ4n) is 1.50. The molecule has 136 valence electrons. The van der Waals surface area contributed by atoms with Crippen molar-refractivity contribution < 1.29 is 30.5 Å². The first-order valence-electron chi connectivity index (χ1n) is 6.89. The van der Waals surface area contributed by atoms with Gasteiger partial charge in [-0.15, -0.1) is 4.98 Å². The molecule has 0 radical (unpaired) electrons. The summed E-state index contributed by atoms with van der Waals surface area (Å²) in [6, 6.07) is 6.76. The third kappa shape index (κ3) is 4.78. The number of hydrogen-bond acceptors (Lipinski definition) is 7. The van der Waals surface area contributed by atoms with Crippen molar-refractivity contribution in [3.05, 3.63) is 36.2 Å². The maximum atomic E-state index is 12.5. The van der Waals surface area contributed by atoms with Crippen LogP contribution in [0.3, 0.4) is 0 Å². The molecule has 0 N–H and O–H groups in total. The highest BCUT2D eigenvalue weighted by molar-refractivity contribution is 7.87. The van der Waals surface area contributed by atoms with Gasteiger partial charge in [0.25, 0.3) is 0 Å². The molecular formula is C14H14F3N3O4S. The lowest BCUT2D eigenvalue weighted by Gasteiger charge is -2.17. The molecule has 2 rings (SSSR count). The summed E-state index contributed by atoms with van der Waals surface area (Å²) in [5.41, 5.74) is -6.33. The summed E-state index contributed by atoms with van der Waals surface area (Å²) in [6.45, 7) is 5.03. The first kappa shape index (κ1) is 18.9. The SMILES string of the molecule is CC(C)(C)c1nc(Oc2ccccc2)nc(OS(=O)(=O)C(F)(F)F)n1. The van der Waals surface area contributed by atoms with Crippen LogP contribution in [0.2, 0.25) is 0 Å². The van der Waals surface area contributed by atoms with Gasteiger partial charge in [0.2, 0.25) is 0 Å². The fourth-order valence-corrected chi connectivity index (χ4v) is 1.86. The molecule has 0 saturated carbocycles. The average Bonchev–Trinajstić information content (AvgIpc) is 2.45. The van der Waals surface area contributed by atoms with Crippen molar-refractivity contribution >= 4 is 10.1 Å². The van der Waals surface area contributed by atoms with Crippen molar-refractivity contribution in [2.75, 3.05) is 0 Å². The minimum atomic E-state index is -5.91. The van der Waals surface area contributed by atoms with Gasteiger partial charge in [-0.2, -0.15) is 31.6 Å². The normalized spacial score (nSPS) is 12.7. The summed E-state index contributed by atoms with van der Waals surface area (Å²) < 4.78 is 69.1. The van der Waals surface area contributed by atoms with Crippen LogP contribution in [0.25, 0.3) is 0 Å². The number of ether oxygens (including phenoxy) is 1. The van der Waals surface area contributed by atoms with E-state index in [0.29, 0.717) is 5.75 Å². The zero-order valence-corrected chi connectivity index (χ0v) is 14.2. The predicted molar refractivity (Wildman–Crippen MR) is 80.6 cm³/mol. The number of benzene rings is 1. The minimum absolute atomic E-state index is 0.000746. The Balaban J connectivity index is 2.45. The summed E-state index contributed by atoms with van der Waals surface area (Å²) in [6.07, 6.45) is 0. The van der Waals surface area contributed by atoms with Crippen LogP contribution in [-0.4, -0.2) is 28.9 Å². The van der Waals surface area contributed by atoms with E-state index < -0.39 is 33.1 Å². The molecule has 0 fully saturated rings. The van der Waals surface area contributed by atoms with Gasteiger partial charge in [-0.05, 0) is 12.1 Å². The largest absolute Gasteiger partial charge is 0.534 e. The monoisotopic (exact) mass is 377 g/mol. The van der Waals surface area contributed by atoms with Crippen LogP contribution < -0.4 is 8.92 Å². The average molecular weight is 377 g/mol. The number of nitrogens with zero attached hydrogens (tertiary/aromatic N) is 3. The first-order valence-corrected chi connectivity index (χ1v) is 8.29. The Labute approximate surface area is 142 Å². The molecule has 7 nitrogen and oxygen atoms in total. The van der Waals surface area contributed by atoms with Gasteiger partial charge >= 0.3 is 27.6 Å². The molecule has 0 bridgehead atoms. The van der Waals surface area contributed by atoms with E-state index in [2.05, 4.69) is 19.1 Å². The van der Waals surface area contributed by atoms with Crippen molar-refractivity contribution in [3.8, 4) is 17.8 Å². The number of para-hydroxylation sites is 1. The summed E-state index contributed by atoms with van der Waals surface area (Å²) >= 11 is 0. The van der Waals surface area contributed by atoms with E-state index in [0.717, 1.165) is 0 Å². The van der Waals surface area contributed by atoms with E-state index in [1.807, 2.05) is 0 Å². The molecule has 0 atom stereocenters. The van der Waals surface area contributed by atoms with E-state index in [4.69, 9.17) is 4.74 Å². The van der Waals surface area contributed by atoms with Gasteiger partial charge in [0.15, 0.2) is 0 Å². The molecule has 0 saturated heterocycles. The molecule has 1 aromatic heterocycles. The van der Waals surface area contributed by atoms with Crippen molar-refractivity contribution in [3.63, 3.8) is 0 Å². The second kappa shape index (κ2) is 6.47. The molecule has 2 aromatic rings. The zero-order chi connectivity index (χ0) is 18.9. The Bertz CT molecular complexity index is 850. The smallest absolute Gasteiger partial charge is 0.424 e. The van der Waals surface area contributed by atoms with Gasteiger partial charge in [0.05, 0.1) is 0 Å². The second-order valence-corrected chi connectivity index (χ2v) is 7.41. The van der Waals surface area contributed by atoms with Crippen LogP contribution in [0.5, 0.6) is 17.8 Å². The third-order valence-corrected chi connectivity index (χ3v) is 3.62. The summed E-state index contributed by atoms with van der Waals surface area (Å²) in [5, 5.41) is 0. The topological polar surface area (TPSA) is 91.3 Å².